The fraction of sp³-hybridized carbons (Fsp3) is 0.500. The van der Waals surface area contributed by atoms with Gasteiger partial charge in [-0.2, -0.15) is 8.78 Å². The minimum absolute atomic E-state index is 2.04. The molecule has 0 spiro atoms. The van der Waals surface area contributed by atoms with Crippen molar-refractivity contribution in [3.05, 3.63) is 0 Å². The van der Waals surface area contributed by atoms with E-state index < -0.39 is 12.4 Å². The molecule has 0 saturated heterocycles. The second-order valence-corrected chi connectivity index (χ2v) is 0.625. The molecule has 0 aromatic carbocycles. The summed E-state index contributed by atoms with van der Waals surface area (Å²) in [6, 6.07) is 0. The molecule has 0 rings (SSSR count). The molecular weight excluding hydrogens is 113 g/mol. The Morgan fingerprint density at radius 1 is 1.86 bits per heavy atom. The Hall–Kier alpha value is -0.740. The third kappa shape index (κ3) is 2.02. The topological polar surface area (TPSA) is 26.3 Å². The highest BCUT2D eigenvalue weighted by atomic mass is 19.3. The molecule has 0 N–H and O–H groups in total. The summed E-state index contributed by atoms with van der Waals surface area (Å²) in [6.07, 6.45) is -4.48. The lowest BCUT2D eigenvalue weighted by Crippen LogP contribution is -2.08. The van der Waals surface area contributed by atoms with Crippen LogP contribution in [0.4, 0.5) is 13.3 Å². The molecule has 0 saturated carbocycles. The third-order valence-corrected chi connectivity index (χ3v) is 0.224. The summed E-state index contributed by atoms with van der Waals surface area (Å²) >= 11 is 0. The third-order valence-electron chi connectivity index (χ3n) is 0.224. The van der Waals surface area contributed by atoms with Crippen molar-refractivity contribution in [3.8, 4) is 0 Å². The Kier molecular flexibility index (Phi) is 1.54. The Bertz CT molecular complexity index is 97.9. The SMILES string of the molecule is [2H]C(F)(F)C(=O)OF. The quantitative estimate of drug-likeness (QED) is 0.502. The van der Waals surface area contributed by atoms with Crippen LogP contribution in [0, 0.1) is 0 Å². The summed E-state index contributed by atoms with van der Waals surface area (Å²) < 4.78 is 38.1. The molecule has 0 amide bonds. The van der Waals surface area contributed by atoms with E-state index in [1.807, 2.05) is 4.94 Å². The molecule has 0 radical (unpaired) electrons. The van der Waals surface area contributed by atoms with Crippen molar-refractivity contribution < 1.29 is 24.4 Å². The molecule has 2 nitrogen and oxygen atoms in total. The van der Waals surface area contributed by atoms with Gasteiger partial charge in [-0.15, -0.1) is 0 Å². The summed E-state index contributed by atoms with van der Waals surface area (Å²) in [4.78, 5) is 11.3. The predicted octanol–water partition coefficient (Wildman–Crippen LogP) is 0.679. The minimum Gasteiger partial charge on any atom is -0.248 e. The Labute approximate surface area is 38.2 Å². The van der Waals surface area contributed by atoms with Crippen LogP contribution in [-0.4, -0.2) is 12.4 Å². The second-order valence-electron chi connectivity index (χ2n) is 0.625. The van der Waals surface area contributed by atoms with Crippen LogP contribution in [-0.2, 0) is 9.74 Å². The van der Waals surface area contributed by atoms with Gasteiger partial charge in [-0.3, -0.25) is 0 Å². The van der Waals surface area contributed by atoms with E-state index in [0.717, 1.165) is 0 Å². The molecule has 0 aliphatic carbocycles. The first-order valence-electron chi connectivity index (χ1n) is 1.69. The number of carbonyl (C=O) groups excluding carboxylic acids is 1. The van der Waals surface area contributed by atoms with Gasteiger partial charge < -0.3 is 0 Å². The summed E-state index contributed by atoms with van der Waals surface area (Å²) in [5.74, 6) is -2.50. The fourth-order valence-electron chi connectivity index (χ4n) is 0.0292. The normalized spacial score (nSPS) is 12.7. The van der Waals surface area contributed by atoms with Gasteiger partial charge in [-0.1, -0.05) is 0 Å². The van der Waals surface area contributed by atoms with Gasteiger partial charge >= 0.3 is 12.4 Å². The van der Waals surface area contributed by atoms with E-state index in [0.29, 0.717) is 0 Å². The van der Waals surface area contributed by atoms with Gasteiger partial charge in [0.1, 0.15) is 1.37 Å². The Balaban J connectivity index is 3.82. The smallest absolute Gasteiger partial charge is 0.248 e. The van der Waals surface area contributed by atoms with E-state index in [1.165, 1.54) is 0 Å². The predicted molar refractivity (Wildman–Crippen MR) is 13.2 cm³/mol. The van der Waals surface area contributed by atoms with E-state index in [-0.39, 0.29) is 0 Å². The zero-order chi connectivity index (χ0) is 6.78. The number of hydrogen-bond acceptors (Lipinski definition) is 2. The van der Waals surface area contributed by atoms with Gasteiger partial charge in [0.25, 0.3) is 0 Å². The van der Waals surface area contributed by atoms with Crippen molar-refractivity contribution in [1.82, 2.24) is 0 Å². The highest BCUT2D eigenvalue weighted by Crippen LogP contribution is 1.94. The molecule has 0 fully saturated rings. The average molecular weight is 115 g/mol. The maximum Gasteiger partial charge on any atom is 0.414 e. The van der Waals surface area contributed by atoms with Gasteiger partial charge in [-0.05, 0) is 0 Å². The maximum atomic E-state index is 11.1. The molecule has 0 aliphatic rings. The fourth-order valence-corrected chi connectivity index (χ4v) is 0.0292. The first-order chi connectivity index (χ1) is 3.48. The number of rotatable bonds is 1. The van der Waals surface area contributed by atoms with Crippen LogP contribution in [0.1, 0.15) is 1.37 Å². The van der Waals surface area contributed by atoms with Crippen molar-refractivity contribution in [2.24, 2.45) is 0 Å². The molecule has 5 heteroatoms. The van der Waals surface area contributed by atoms with Crippen molar-refractivity contribution in [2.75, 3.05) is 0 Å². The van der Waals surface area contributed by atoms with Gasteiger partial charge in [0.2, 0.25) is 0 Å². The van der Waals surface area contributed by atoms with Crippen LogP contribution in [0.5, 0.6) is 0 Å². The molecule has 0 aromatic heterocycles. The lowest BCUT2D eigenvalue weighted by Gasteiger charge is -1.85. The number of carbonyl (C=O) groups is 1. The van der Waals surface area contributed by atoms with Crippen molar-refractivity contribution in [2.45, 2.75) is 6.40 Å². The average Bonchev–Trinajstić information content (AvgIpc) is 1.62. The zero-order valence-corrected chi connectivity index (χ0v) is 2.95. The van der Waals surface area contributed by atoms with Gasteiger partial charge in [0.15, 0.2) is 0 Å². The number of halogens is 3. The van der Waals surface area contributed by atoms with Crippen molar-refractivity contribution in [3.63, 3.8) is 0 Å². The first-order valence-corrected chi connectivity index (χ1v) is 1.19. The standard InChI is InChI=1S/C2HF3O2/c3-1(4)2(6)7-5/h1H/i1D. The van der Waals surface area contributed by atoms with Crippen molar-refractivity contribution >= 4 is 5.97 Å². The van der Waals surface area contributed by atoms with Crippen molar-refractivity contribution in [1.29, 1.82) is 0 Å². The van der Waals surface area contributed by atoms with E-state index in [9.17, 15) is 18.1 Å². The second kappa shape index (κ2) is 2.44. The molecule has 0 aliphatic heterocycles. The van der Waals surface area contributed by atoms with Gasteiger partial charge in [0.05, 0.1) is 0 Å². The molecule has 0 aromatic rings. The van der Waals surface area contributed by atoms with Crippen LogP contribution in [0.25, 0.3) is 0 Å². The largest absolute Gasteiger partial charge is 0.414 e. The lowest BCUT2D eigenvalue weighted by molar-refractivity contribution is -0.196. The minimum atomic E-state index is -4.48. The number of hydrogen-bond donors (Lipinski definition) is 0. The maximum absolute atomic E-state index is 11.1. The van der Waals surface area contributed by atoms with E-state index in [2.05, 4.69) is 0 Å². The van der Waals surface area contributed by atoms with E-state index in [4.69, 9.17) is 1.37 Å². The highest BCUT2D eigenvalue weighted by Gasteiger charge is 2.16. The molecule has 0 atom stereocenters. The van der Waals surface area contributed by atoms with Crippen LogP contribution >= 0.6 is 0 Å². The number of alkyl halides is 2. The Morgan fingerprint density at radius 3 is 2.29 bits per heavy atom. The van der Waals surface area contributed by atoms with Gasteiger partial charge in [-0.25, -0.2) is 9.74 Å². The van der Waals surface area contributed by atoms with Crippen LogP contribution in [0.15, 0.2) is 0 Å². The summed E-state index contributed by atoms with van der Waals surface area (Å²) in [6.45, 7) is 0. The summed E-state index contributed by atoms with van der Waals surface area (Å²) in [5, 5.41) is 0. The first kappa shape index (κ1) is 4.42. The van der Waals surface area contributed by atoms with Crippen LogP contribution in [0.3, 0.4) is 0 Å². The van der Waals surface area contributed by atoms with Crippen LogP contribution < -0.4 is 0 Å². The Morgan fingerprint density at radius 2 is 2.29 bits per heavy atom. The van der Waals surface area contributed by atoms with Crippen LogP contribution in [0.2, 0.25) is 0 Å². The molecule has 42 valence electrons. The molecule has 0 heterocycles. The lowest BCUT2D eigenvalue weighted by atomic mass is 10.7. The molecule has 0 unspecified atom stereocenters. The molecular formula is C2HF3O2. The van der Waals surface area contributed by atoms with E-state index in [1.54, 1.807) is 0 Å². The summed E-state index contributed by atoms with van der Waals surface area (Å²) in [5.41, 5.74) is 0. The summed E-state index contributed by atoms with van der Waals surface area (Å²) in [7, 11) is 0. The molecule has 0 bridgehead atoms. The molecule has 7 heavy (non-hydrogen) atoms. The zero-order valence-electron chi connectivity index (χ0n) is 3.95. The van der Waals surface area contributed by atoms with Gasteiger partial charge in [0, 0.05) is 4.53 Å². The monoisotopic (exact) mass is 115 g/mol. The van der Waals surface area contributed by atoms with E-state index >= 15 is 0 Å². The highest BCUT2D eigenvalue weighted by molar-refractivity contribution is 5.71.